The van der Waals surface area contributed by atoms with Gasteiger partial charge in [0.25, 0.3) is 0 Å². The molecular weight excluding hydrogens is 236 g/mol. The Labute approximate surface area is 118 Å². The molecule has 0 unspecified atom stereocenters. The molecule has 0 fully saturated rings. The molecule has 0 aliphatic rings. The molecule has 0 aromatic carbocycles. The largest absolute Gasteiger partial charge is 0.312 e. The minimum Gasteiger partial charge on any atom is -0.312 e. The second-order valence-electron chi connectivity index (χ2n) is 6.87. The molecule has 1 N–H and O–H groups in total. The summed E-state index contributed by atoms with van der Waals surface area (Å²) in [7, 11) is 6.24. The van der Waals surface area contributed by atoms with Crippen LogP contribution in [-0.4, -0.2) is 41.9 Å². The first-order valence-corrected chi connectivity index (χ1v) is 7.09. The Kier molecular flexibility index (Phi) is 5.56. The van der Waals surface area contributed by atoms with E-state index >= 15 is 0 Å². The average molecular weight is 266 g/mol. The van der Waals surface area contributed by atoms with E-state index < -0.39 is 0 Å². The van der Waals surface area contributed by atoms with E-state index in [-0.39, 0.29) is 5.41 Å². The lowest BCUT2D eigenvalue weighted by atomic mass is 9.93. The Hall–Kier alpha value is -0.870. The van der Waals surface area contributed by atoms with Gasteiger partial charge in [0.1, 0.15) is 0 Å². The van der Waals surface area contributed by atoms with Gasteiger partial charge in [-0.25, -0.2) is 0 Å². The van der Waals surface area contributed by atoms with E-state index in [4.69, 9.17) is 0 Å². The minimum absolute atomic E-state index is 0.281. The van der Waals surface area contributed by atoms with Crippen molar-refractivity contribution < 1.29 is 0 Å². The van der Waals surface area contributed by atoms with Crippen LogP contribution in [0.2, 0.25) is 0 Å². The van der Waals surface area contributed by atoms with Crippen LogP contribution in [0.15, 0.2) is 6.20 Å². The van der Waals surface area contributed by atoms with Gasteiger partial charge in [0.15, 0.2) is 0 Å². The average Bonchev–Trinajstić information content (AvgIpc) is 2.57. The summed E-state index contributed by atoms with van der Waals surface area (Å²) in [5.41, 5.74) is 2.81. The first-order chi connectivity index (χ1) is 8.71. The first-order valence-electron chi connectivity index (χ1n) is 7.09. The van der Waals surface area contributed by atoms with E-state index in [1.807, 2.05) is 11.7 Å². The molecule has 0 aliphatic carbocycles. The quantitative estimate of drug-likeness (QED) is 0.821. The van der Waals surface area contributed by atoms with Crippen molar-refractivity contribution in [3.63, 3.8) is 0 Å². The third-order valence-electron chi connectivity index (χ3n) is 3.15. The Morgan fingerprint density at radius 1 is 1.37 bits per heavy atom. The van der Waals surface area contributed by atoms with Gasteiger partial charge in [-0.2, -0.15) is 5.10 Å². The van der Waals surface area contributed by atoms with E-state index in [2.05, 4.69) is 63.3 Å². The second kappa shape index (κ2) is 6.53. The van der Waals surface area contributed by atoms with Gasteiger partial charge in [-0.1, -0.05) is 27.7 Å². The zero-order valence-corrected chi connectivity index (χ0v) is 13.6. The van der Waals surface area contributed by atoms with Crippen LogP contribution >= 0.6 is 0 Å². The van der Waals surface area contributed by atoms with Crippen molar-refractivity contribution in [1.29, 1.82) is 0 Å². The molecule has 0 spiro atoms. The van der Waals surface area contributed by atoms with Gasteiger partial charge in [0.2, 0.25) is 0 Å². The van der Waals surface area contributed by atoms with Crippen LogP contribution in [0.1, 0.15) is 44.9 Å². The Balaban J connectivity index is 2.53. The number of rotatable bonds is 7. The van der Waals surface area contributed by atoms with Crippen molar-refractivity contribution in [2.45, 2.75) is 40.2 Å². The van der Waals surface area contributed by atoms with E-state index in [1.165, 1.54) is 11.3 Å². The van der Waals surface area contributed by atoms with Gasteiger partial charge in [-0.3, -0.25) is 4.68 Å². The summed E-state index contributed by atoms with van der Waals surface area (Å²) in [4.78, 5) is 2.24. The Morgan fingerprint density at radius 3 is 2.53 bits per heavy atom. The van der Waals surface area contributed by atoms with Crippen molar-refractivity contribution in [1.82, 2.24) is 20.0 Å². The molecule has 0 amide bonds. The molecular formula is C15H30N4. The summed E-state index contributed by atoms with van der Waals surface area (Å²) in [5.74, 6) is 0.479. The molecule has 0 radical (unpaired) electrons. The lowest BCUT2D eigenvalue weighted by Crippen LogP contribution is -2.37. The second-order valence-corrected chi connectivity index (χ2v) is 6.87. The fourth-order valence-electron chi connectivity index (χ4n) is 2.62. The maximum absolute atomic E-state index is 4.54. The van der Waals surface area contributed by atoms with Crippen molar-refractivity contribution in [2.75, 3.05) is 27.2 Å². The number of aromatic nitrogens is 2. The maximum atomic E-state index is 4.54. The van der Waals surface area contributed by atoms with Crippen LogP contribution in [0, 0.1) is 5.41 Å². The standard InChI is InChI=1S/C15H30N4/c1-12(2)14-13(9-19(7)17-14)8-16-10-15(3,4)11-18(5)6/h9,12,16H,8,10-11H2,1-7H3. The summed E-state index contributed by atoms with van der Waals surface area (Å²) >= 11 is 0. The summed E-state index contributed by atoms with van der Waals surface area (Å²) in [5, 5.41) is 8.12. The summed E-state index contributed by atoms with van der Waals surface area (Å²) in [6.07, 6.45) is 2.13. The fraction of sp³-hybridized carbons (Fsp3) is 0.800. The molecule has 110 valence electrons. The maximum Gasteiger partial charge on any atom is 0.0694 e. The van der Waals surface area contributed by atoms with Gasteiger partial charge in [-0.15, -0.1) is 0 Å². The minimum atomic E-state index is 0.281. The van der Waals surface area contributed by atoms with E-state index in [0.717, 1.165) is 19.6 Å². The fourth-order valence-corrected chi connectivity index (χ4v) is 2.62. The molecule has 0 atom stereocenters. The zero-order valence-electron chi connectivity index (χ0n) is 13.6. The highest BCUT2D eigenvalue weighted by atomic mass is 15.3. The van der Waals surface area contributed by atoms with E-state index in [9.17, 15) is 0 Å². The SMILES string of the molecule is CC(C)c1nn(C)cc1CNCC(C)(C)CN(C)C. The number of hydrogen-bond acceptors (Lipinski definition) is 3. The topological polar surface area (TPSA) is 33.1 Å². The van der Waals surface area contributed by atoms with Crippen molar-refractivity contribution in [3.8, 4) is 0 Å². The third-order valence-corrected chi connectivity index (χ3v) is 3.15. The summed E-state index contributed by atoms with van der Waals surface area (Å²) < 4.78 is 1.91. The summed E-state index contributed by atoms with van der Waals surface area (Å²) in [6.45, 7) is 12.0. The smallest absolute Gasteiger partial charge is 0.0694 e. The molecule has 1 heterocycles. The highest BCUT2D eigenvalue weighted by molar-refractivity contribution is 5.19. The van der Waals surface area contributed by atoms with Crippen LogP contribution in [0.4, 0.5) is 0 Å². The monoisotopic (exact) mass is 266 g/mol. The Morgan fingerprint density at radius 2 is 2.00 bits per heavy atom. The molecule has 1 aromatic rings. The molecule has 1 rings (SSSR count). The number of nitrogens with one attached hydrogen (secondary N) is 1. The molecule has 4 nitrogen and oxygen atoms in total. The molecule has 1 aromatic heterocycles. The van der Waals surface area contributed by atoms with Gasteiger partial charge in [0.05, 0.1) is 5.69 Å². The predicted octanol–water partition coefficient (Wildman–Crippen LogP) is 2.22. The normalized spacial score (nSPS) is 12.7. The van der Waals surface area contributed by atoms with E-state index in [1.54, 1.807) is 0 Å². The zero-order chi connectivity index (χ0) is 14.6. The van der Waals surface area contributed by atoms with Crippen LogP contribution in [0.5, 0.6) is 0 Å². The van der Waals surface area contributed by atoms with Crippen LogP contribution < -0.4 is 5.32 Å². The third kappa shape index (κ3) is 5.33. The number of nitrogens with zero attached hydrogens (tertiary/aromatic N) is 3. The van der Waals surface area contributed by atoms with E-state index in [0.29, 0.717) is 5.92 Å². The lowest BCUT2D eigenvalue weighted by molar-refractivity contribution is 0.232. The van der Waals surface area contributed by atoms with Gasteiger partial charge in [-0.05, 0) is 25.4 Å². The molecule has 0 bridgehead atoms. The van der Waals surface area contributed by atoms with Crippen LogP contribution in [0.3, 0.4) is 0 Å². The lowest BCUT2D eigenvalue weighted by Gasteiger charge is -2.28. The highest BCUT2D eigenvalue weighted by Crippen LogP contribution is 2.18. The summed E-state index contributed by atoms with van der Waals surface area (Å²) in [6, 6.07) is 0. The number of hydrogen-bond donors (Lipinski definition) is 1. The first kappa shape index (κ1) is 16.2. The van der Waals surface area contributed by atoms with Crippen molar-refractivity contribution in [2.24, 2.45) is 12.5 Å². The molecule has 4 heteroatoms. The molecule has 0 saturated carbocycles. The predicted molar refractivity (Wildman–Crippen MR) is 81.3 cm³/mol. The Bertz CT molecular complexity index is 391. The highest BCUT2D eigenvalue weighted by Gasteiger charge is 2.19. The number of aryl methyl sites for hydroxylation is 1. The van der Waals surface area contributed by atoms with Gasteiger partial charge in [0, 0.05) is 38.4 Å². The molecule has 0 saturated heterocycles. The molecule has 0 aliphatic heterocycles. The van der Waals surface area contributed by atoms with Gasteiger partial charge >= 0.3 is 0 Å². The van der Waals surface area contributed by atoms with Crippen LogP contribution in [0.25, 0.3) is 0 Å². The van der Waals surface area contributed by atoms with Crippen molar-refractivity contribution >= 4 is 0 Å². The van der Waals surface area contributed by atoms with Gasteiger partial charge < -0.3 is 10.2 Å². The van der Waals surface area contributed by atoms with Crippen LogP contribution in [-0.2, 0) is 13.6 Å². The molecule has 19 heavy (non-hydrogen) atoms. The van der Waals surface area contributed by atoms with Crippen molar-refractivity contribution in [3.05, 3.63) is 17.5 Å².